The van der Waals surface area contributed by atoms with Crippen LogP contribution in [0.2, 0.25) is 0 Å². The molecule has 3 aliphatic rings. The van der Waals surface area contributed by atoms with E-state index in [-0.39, 0.29) is 0 Å². The van der Waals surface area contributed by atoms with Gasteiger partial charge >= 0.3 is 0 Å². The molecule has 1 heterocycles. The predicted octanol–water partition coefficient (Wildman–Crippen LogP) is 15.7. The minimum Gasteiger partial charge on any atom is -0.457 e. The summed E-state index contributed by atoms with van der Waals surface area (Å²) in [7, 11) is 0. The van der Waals surface area contributed by atoms with Gasteiger partial charge in [-0.25, -0.2) is 0 Å². The molecule has 0 unspecified atom stereocenters. The molecule has 1 aliphatic heterocycles. The average Bonchev–Trinajstić information content (AvgIpc) is 3.84. The Labute approximate surface area is 374 Å². The highest BCUT2D eigenvalue weighted by Crippen LogP contribution is 2.63. The van der Waals surface area contributed by atoms with E-state index in [0.717, 1.165) is 45.3 Å². The fraction of sp³-hybridized carbons (Fsp3) is 0.0323. The van der Waals surface area contributed by atoms with Gasteiger partial charge in [-0.15, -0.1) is 0 Å². The second kappa shape index (κ2) is 14.2. The largest absolute Gasteiger partial charge is 0.457 e. The molecular formula is C62H41NO. The van der Waals surface area contributed by atoms with Gasteiger partial charge in [0.2, 0.25) is 0 Å². The smallest absolute Gasteiger partial charge is 0.134 e. The van der Waals surface area contributed by atoms with E-state index in [0.29, 0.717) is 0 Å². The number of benzene rings is 10. The van der Waals surface area contributed by atoms with Crippen LogP contribution in [0, 0.1) is 0 Å². The summed E-state index contributed by atoms with van der Waals surface area (Å²) in [6, 6.07) is 90.9. The molecule has 10 aromatic carbocycles. The normalized spacial score (nSPS) is 14.0. The molecule has 0 saturated heterocycles. The Morgan fingerprint density at radius 1 is 0.281 bits per heavy atom. The van der Waals surface area contributed by atoms with Crippen molar-refractivity contribution < 1.29 is 4.74 Å². The number of hydrogen-bond acceptors (Lipinski definition) is 2. The molecular weight excluding hydrogens is 775 g/mol. The van der Waals surface area contributed by atoms with E-state index in [9.17, 15) is 0 Å². The maximum Gasteiger partial charge on any atom is 0.134 e. The lowest BCUT2D eigenvalue weighted by atomic mass is 9.66. The van der Waals surface area contributed by atoms with Crippen LogP contribution in [0.1, 0.15) is 44.5 Å². The predicted molar refractivity (Wildman–Crippen MR) is 261 cm³/mol. The zero-order valence-electron chi connectivity index (χ0n) is 35.0. The van der Waals surface area contributed by atoms with E-state index in [4.69, 9.17) is 4.74 Å². The number of nitrogens with zero attached hydrogens (tertiary/aromatic N) is 1. The molecule has 1 spiro atoms. The topological polar surface area (TPSA) is 12.5 Å². The van der Waals surface area contributed by atoms with Crippen molar-refractivity contribution in [2.75, 3.05) is 4.90 Å². The van der Waals surface area contributed by atoms with Crippen molar-refractivity contribution in [1.82, 2.24) is 0 Å². The molecule has 2 heteroatoms. The summed E-state index contributed by atoms with van der Waals surface area (Å²) in [5.74, 6) is 1.74. The van der Waals surface area contributed by atoms with Crippen molar-refractivity contribution in [1.29, 1.82) is 0 Å². The van der Waals surface area contributed by atoms with Crippen LogP contribution >= 0.6 is 0 Å². The number of hydrogen-bond donors (Lipinski definition) is 0. The lowest BCUT2D eigenvalue weighted by Gasteiger charge is -2.40. The molecule has 0 amide bonds. The van der Waals surface area contributed by atoms with Crippen LogP contribution in [0.15, 0.2) is 249 Å². The average molecular weight is 816 g/mol. The molecule has 13 rings (SSSR count). The third-order valence-electron chi connectivity index (χ3n) is 14.0. The summed E-state index contributed by atoms with van der Waals surface area (Å²) < 4.78 is 7.00. The highest BCUT2D eigenvalue weighted by molar-refractivity contribution is 5.92. The van der Waals surface area contributed by atoms with Gasteiger partial charge in [0.15, 0.2) is 0 Å². The van der Waals surface area contributed by atoms with Gasteiger partial charge in [0.25, 0.3) is 0 Å². The van der Waals surface area contributed by atoms with Crippen molar-refractivity contribution in [2.24, 2.45) is 0 Å². The Hall–Kier alpha value is -8.20. The molecule has 0 bridgehead atoms. The first kappa shape index (κ1) is 36.5. The zero-order chi connectivity index (χ0) is 42.2. The standard InChI is InChI=1S/C62H41NO/c1-3-19-43(20-4-1)61(52-28-12-7-24-48(52)49-25-8-13-29-53(49)61)44-37-35-42(36-38-44)47-23-11-17-33-58(47)63(45-21-5-2-6-22-45)46-39-40-57-60(41-46)64-59-34-18-16-32-56(59)62(57)54-30-14-9-26-50(54)51-27-10-15-31-55(51)62/h1-41H. The fourth-order valence-corrected chi connectivity index (χ4v) is 11.5. The fourth-order valence-electron chi connectivity index (χ4n) is 11.5. The Morgan fingerprint density at radius 3 is 1.31 bits per heavy atom. The van der Waals surface area contributed by atoms with E-state index >= 15 is 0 Å². The molecule has 10 aromatic rings. The zero-order valence-corrected chi connectivity index (χ0v) is 35.0. The molecule has 0 atom stereocenters. The van der Waals surface area contributed by atoms with Gasteiger partial charge in [-0.05, 0) is 91.5 Å². The maximum absolute atomic E-state index is 7.00. The third-order valence-corrected chi connectivity index (χ3v) is 14.0. The SMILES string of the molecule is c1ccc(N(c2ccc3c(c2)Oc2ccccc2C32c3ccccc3-c3ccccc32)c2ccccc2-c2ccc(C3(c4ccccc4)c4ccccc4-c4ccccc43)cc2)cc1. The van der Waals surface area contributed by atoms with Gasteiger partial charge in [0.05, 0.1) is 16.5 Å². The summed E-state index contributed by atoms with van der Waals surface area (Å²) in [4.78, 5) is 2.38. The van der Waals surface area contributed by atoms with Gasteiger partial charge in [-0.2, -0.15) is 0 Å². The molecule has 2 nitrogen and oxygen atoms in total. The minimum atomic E-state index is -0.523. The Balaban J connectivity index is 0.974. The van der Waals surface area contributed by atoms with Gasteiger partial charge in [0, 0.05) is 34.1 Å². The Bertz CT molecular complexity index is 3330. The highest BCUT2D eigenvalue weighted by Gasteiger charge is 2.51. The Morgan fingerprint density at radius 2 is 0.719 bits per heavy atom. The monoisotopic (exact) mass is 815 g/mol. The quantitative estimate of drug-likeness (QED) is 0.166. The van der Waals surface area contributed by atoms with E-state index in [2.05, 4.69) is 254 Å². The van der Waals surface area contributed by atoms with E-state index in [1.807, 2.05) is 0 Å². The highest BCUT2D eigenvalue weighted by atomic mass is 16.5. The van der Waals surface area contributed by atoms with Crippen LogP contribution < -0.4 is 9.64 Å². The van der Waals surface area contributed by atoms with Crippen molar-refractivity contribution in [3.63, 3.8) is 0 Å². The first-order valence-corrected chi connectivity index (χ1v) is 22.2. The van der Waals surface area contributed by atoms with Crippen molar-refractivity contribution in [3.8, 4) is 44.9 Å². The summed E-state index contributed by atoms with van der Waals surface area (Å²) in [5, 5.41) is 0. The maximum atomic E-state index is 7.00. The van der Waals surface area contributed by atoms with Crippen molar-refractivity contribution >= 4 is 17.1 Å². The lowest BCUT2D eigenvalue weighted by molar-refractivity contribution is 0.436. The van der Waals surface area contributed by atoms with Gasteiger partial charge in [-0.1, -0.05) is 212 Å². The van der Waals surface area contributed by atoms with Crippen molar-refractivity contribution in [2.45, 2.75) is 10.8 Å². The van der Waals surface area contributed by atoms with Gasteiger partial charge in [0.1, 0.15) is 11.5 Å². The summed E-state index contributed by atoms with van der Waals surface area (Å²) in [5.41, 5.74) is 19.6. The molecule has 0 fully saturated rings. The van der Waals surface area contributed by atoms with E-state index in [1.54, 1.807) is 0 Å². The van der Waals surface area contributed by atoms with Crippen LogP contribution in [0.4, 0.5) is 17.1 Å². The molecule has 0 saturated carbocycles. The first-order chi connectivity index (χ1) is 31.8. The van der Waals surface area contributed by atoms with Crippen molar-refractivity contribution in [3.05, 3.63) is 293 Å². The second-order valence-corrected chi connectivity index (χ2v) is 17.1. The van der Waals surface area contributed by atoms with Gasteiger partial charge < -0.3 is 9.64 Å². The lowest BCUT2D eigenvalue weighted by Crippen LogP contribution is -2.32. The third kappa shape index (κ3) is 5.02. The van der Waals surface area contributed by atoms with E-state index in [1.165, 1.54) is 61.2 Å². The minimum absolute atomic E-state index is 0.456. The summed E-state index contributed by atoms with van der Waals surface area (Å²) in [6.45, 7) is 0. The molecule has 64 heavy (non-hydrogen) atoms. The Kier molecular flexibility index (Phi) is 8.07. The molecule has 0 N–H and O–H groups in total. The first-order valence-electron chi connectivity index (χ1n) is 22.2. The van der Waals surface area contributed by atoms with Crippen LogP contribution in [0.3, 0.4) is 0 Å². The number of para-hydroxylation sites is 3. The number of ether oxygens (including phenoxy) is 1. The molecule has 300 valence electrons. The number of anilines is 3. The number of fused-ring (bicyclic) bond motifs is 12. The van der Waals surface area contributed by atoms with Crippen LogP contribution in [0.5, 0.6) is 11.5 Å². The molecule has 0 radical (unpaired) electrons. The van der Waals surface area contributed by atoms with Crippen LogP contribution in [0.25, 0.3) is 33.4 Å². The summed E-state index contributed by atoms with van der Waals surface area (Å²) >= 11 is 0. The van der Waals surface area contributed by atoms with Crippen LogP contribution in [-0.4, -0.2) is 0 Å². The molecule has 0 aromatic heterocycles. The van der Waals surface area contributed by atoms with Crippen LogP contribution in [-0.2, 0) is 10.8 Å². The van der Waals surface area contributed by atoms with E-state index < -0.39 is 10.8 Å². The second-order valence-electron chi connectivity index (χ2n) is 17.1. The number of rotatable bonds is 6. The molecule has 2 aliphatic carbocycles. The summed E-state index contributed by atoms with van der Waals surface area (Å²) in [6.07, 6.45) is 0. The van der Waals surface area contributed by atoms with Gasteiger partial charge in [-0.3, -0.25) is 0 Å².